The SMILES string of the molecule is O=C(O)c1cnc(-n2cnc([N+](=O)[O-])n2)c(Cl)c1. The van der Waals surface area contributed by atoms with Crippen LogP contribution in [0.15, 0.2) is 18.6 Å². The lowest BCUT2D eigenvalue weighted by Crippen LogP contribution is -2.03. The topological polar surface area (TPSA) is 124 Å². The van der Waals surface area contributed by atoms with Crippen molar-refractivity contribution in [2.75, 3.05) is 0 Å². The minimum atomic E-state index is -1.18. The van der Waals surface area contributed by atoms with Crippen LogP contribution in [0.2, 0.25) is 5.02 Å². The summed E-state index contributed by atoms with van der Waals surface area (Å²) >= 11 is 5.81. The number of nitro groups is 1. The van der Waals surface area contributed by atoms with Gasteiger partial charge in [0.2, 0.25) is 6.33 Å². The number of nitrogens with zero attached hydrogens (tertiary/aromatic N) is 5. The van der Waals surface area contributed by atoms with Crippen LogP contribution in [0.5, 0.6) is 0 Å². The maximum Gasteiger partial charge on any atom is 0.491 e. The number of halogens is 1. The number of carboxylic acids is 1. The molecule has 0 aliphatic carbocycles. The van der Waals surface area contributed by atoms with Gasteiger partial charge in [0, 0.05) is 11.3 Å². The molecule has 0 unspecified atom stereocenters. The minimum absolute atomic E-state index is 0.00491. The molecule has 0 fully saturated rings. The highest BCUT2D eigenvalue weighted by atomic mass is 35.5. The van der Waals surface area contributed by atoms with E-state index in [0.717, 1.165) is 17.2 Å². The van der Waals surface area contributed by atoms with Gasteiger partial charge in [0.15, 0.2) is 5.82 Å². The Morgan fingerprint density at radius 3 is 2.72 bits per heavy atom. The molecular weight excluding hydrogens is 266 g/mol. The van der Waals surface area contributed by atoms with Crippen molar-refractivity contribution in [3.05, 3.63) is 39.3 Å². The van der Waals surface area contributed by atoms with Gasteiger partial charge >= 0.3 is 11.9 Å². The van der Waals surface area contributed by atoms with Crippen LogP contribution in [-0.4, -0.2) is 35.7 Å². The molecule has 10 heteroatoms. The van der Waals surface area contributed by atoms with Gasteiger partial charge in [-0.3, -0.25) is 0 Å². The van der Waals surface area contributed by atoms with E-state index in [1.807, 2.05) is 0 Å². The van der Waals surface area contributed by atoms with Crippen LogP contribution in [0, 0.1) is 10.1 Å². The van der Waals surface area contributed by atoms with Gasteiger partial charge in [-0.25, -0.2) is 9.78 Å². The molecule has 92 valence electrons. The average molecular weight is 270 g/mol. The number of carbonyl (C=O) groups is 1. The molecule has 0 amide bonds. The van der Waals surface area contributed by atoms with Crippen molar-refractivity contribution >= 4 is 23.5 Å². The van der Waals surface area contributed by atoms with E-state index >= 15 is 0 Å². The van der Waals surface area contributed by atoms with E-state index in [4.69, 9.17) is 16.7 Å². The van der Waals surface area contributed by atoms with Crippen molar-refractivity contribution in [2.24, 2.45) is 0 Å². The van der Waals surface area contributed by atoms with Gasteiger partial charge in [-0.05, 0) is 11.0 Å². The van der Waals surface area contributed by atoms with E-state index in [-0.39, 0.29) is 16.4 Å². The van der Waals surface area contributed by atoms with Crippen LogP contribution in [0.4, 0.5) is 5.95 Å². The summed E-state index contributed by atoms with van der Waals surface area (Å²) in [6.07, 6.45) is 2.13. The maximum atomic E-state index is 10.7. The third kappa shape index (κ3) is 2.11. The quantitative estimate of drug-likeness (QED) is 0.649. The third-order valence-electron chi connectivity index (χ3n) is 1.93. The molecule has 0 aliphatic heterocycles. The molecule has 18 heavy (non-hydrogen) atoms. The standard InChI is InChI=1S/C8H4ClN5O4/c9-5-1-4(7(15)16)2-10-6(5)13-3-11-8(12-13)14(17)18/h1-3H,(H,15,16). The van der Waals surface area contributed by atoms with E-state index < -0.39 is 16.8 Å². The highest BCUT2D eigenvalue weighted by molar-refractivity contribution is 6.32. The predicted molar refractivity (Wildman–Crippen MR) is 57.8 cm³/mol. The summed E-state index contributed by atoms with van der Waals surface area (Å²) in [6, 6.07) is 1.17. The zero-order valence-corrected chi connectivity index (χ0v) is 9.27. The fourth-order valence-electron chi connectivity index (χ4n) is 1.16. The minimum Gasteiger partial charge on any atom is -0.478 e. The number of hydrogen-bond donors (Lipinski definition) is 1. The lowest BCUT2D eigenvalue weighted by atomic mass is 10.3. The summed E-state index contributed by atoms with van der Waals surface area (Å²) in [5, 5.41) is 22.7. The zero-order valence-electron chi connectivity index (χ0n) is 8.52. The zero-order chi connectivity index (χ0) is 13.3. The van der Waals surface area contributed by atoms with Gasteiger partial charge in [-0.2, -0.15) is 0 Å². The van der Waals surface area contributed by atoms with Crippen LogP contribution in [-0.2, 0) is 0 Å². The van der Waals surface area contributed by atoms with Crippen LogP contribution in [0.25, 0.3) is 5.82 Å². The van der Waals surface area contributed by atoms with Gasteiger partial charge in [-0.1, -0.05) is 16.6 Å². The molecule has 0 saturated carbocycles. The summed E-state index contributed by atoms with van der Waals surface area (Å²) in [7, 11) is 0. The Morgan fingerprint density at radius 2 is 2.22 bits per heavy atom. The van der Waals surface area contributed by atoms with Gasteiger partial charge in [0.25, 0.3) is 0 Å². The van der Waals surface area contributed by atoms with Crippen molar-refractivity contribution in [1.29, 1.82) is 0 Å². The lowest BCUT2D eigenvalue weighted by Gasteiger charge is -2.00. The van der Waals surface area contributed by atoms with Gasteiger partial charge in [-0.15, -0.1) is 4.68 Å². The van der Waals surface area contributed by atoms with Crippen molar-refractivity contribution in [3.8, 4) is 5.82 Å². The normalized spacial score (nSPS) is 10.3. The van der Waals surface area contributed by atoms with Crippen molar-refractivity contribution in [2.45, 2.75) is 0 Å². The molecule has 2 rings (SSSR count). The summed E-state index contributed by atoms with van der Waals surface area (Å²) < 4.78 is 0.992. The molecule has 0 atom stereocenters. The first-order chi connectivity index (χ1) is 8.49. The molecule has 0 bridgehead atoms. The smallest absolute Gasteiger partial charge is 0.478 e. The molecule has 2 heterocycles. The number of carboxylic acid groups (broad SMARTS) is 1. The second-order valence-corrected chi connectivity index (χ2v) is 3.49. The Bertz CT molecular complexity index is 640. The Labute approximate surface area is 104 Å². The van der Waals surface area contributed by atoms with Crippen molar-refractivity contribution in [1.82, 2.24) is 19.7 Å². The Morgan fingerprint density at radius 1 is 1.50 bits per heavy atom. The average Bonchev–Trinajstić information content (AvgIpc) is 2.78. The third-order valence-corrected chi connectivity index (χ3v) is 2.21. The molecule has 0 aliphatic rings. The first-order valence-corrected chi connectivity index (χ1v) is 4.82. The van der Waals surface area contributed by atoms with Crippen molar-refractivity contribution < 1.29 is 14.8 Å². The van der Waals surface area contributed by atoms with E-state index in [2.05, 4.69) is 15.1 Å². The molecule has 9 nitrogen and oxygen atoms in total. The molecule has 0 aromatic carbocycles. The molecule has 0 spiro atoms. The highest BCUT2D eigenvalue weighted by Gasteiger charge is 2.18. The van der Waals surface area contributed by atoms with E-state index in [9.17, 15) is 14.9 Å². The summed E-state index contributed by atoms with van der Waals surface area (Å²) in [5.74, 6) is -1.72. The fraction of sp³-hybridized carbons (Fsp3) is 0. The Kier molecular flexibility index (Phi) is 2.90. The monoisotopic (exact) mass is 269 g/mol. The molecule has 1 N–H and O–H groups in total. The van der Waals surface area contributed by atoms with Crippen LogP contribution >= 0.6 is 11.6 Å². The number of hydrogen-bond acceptors (Lipinski definition) is 6. The largest absolute Gasteiger partial charge is 0.491 e. The number of pyridine rings is 1. The van der Waals surface area contributed by atoms with E-state index in [1.165, 1.54) is 6.07 Å². The van der Waals surface area contributed by atoms with Crippen LogP contribution < -0.4 is 0 Å². The summed E-state index contributed by atoms with van der Waals surface area (Å²) in [4.78, 5) is 27.5. The fourth-order valence-corrected chi connectivity index (χ4v) is 1.41. The van der Waals surface area contributed by atoms with Crippen molar-refractivity contribution in [3.63, 3.8) is 0 Å². The van der Waals surface area contributed by atoms with Gasteiger partial charge in [0.1, 0.15) is 0 Å². The maximum absolute atomic E-state index is 10.7. The molecular formula is C8H4ClN5O4. The van der Waals surface area contributed by atoms with Gasteiger partial charge < -0.3 is 15.2 Å². The van der Waals surface area contributed by atoms with Gasteiger partial charge in [0.05, 0.1) is 10.6 Å². The Balaban J connectivity index is 2.44. The summed E-state index contributed by atoms with van der Waals surface area (Å²) in [6.45, 7) is 0. The lowest BCUT2D eigenvalue weighted by molar-refractivity contribution is -0.394. The first-order valence-electron chi connectivity index (χ1n) is 4.44. The van der Waals surface area contributed by atoms with Crippen LogP contribution in [0.1, 0.15) is 10.4 Å². The Hall–Kier alpha value is -2.55. The second kappa shape index (κ2) is 4.37. The molecule has 0 radical (unpaired) electrons. The highest BCUT2D eigenvalue weighted by Crippen LogP contribution is 2.19. The molecule has 2 aromatic rings. The number of aromatic carboxylic acids is 1. The predicted octanol–water partition coefficient (Wildman–Crippen LogP) is 0.922. The molecule has 0 saturated heterocycles. The number of rotatable bonds is 3. The van der Waals surface area contributed by atoms with E-state index in [1.54, 1.807) is 0 Å². The molecule has 2 aromatic heterocycles. The first kappa shape index (κ1) is 11.9. The van der Waals surface area contributed by atoms with Crippen LogP contribution in [0.3, 0.4) is 0 Å². The van der Waals surface area contributed by atoms with E-state index in [0.29, 0.717) is 0 Å². The number of aromatic nitrogens is 4. The summed E-state index contributed by atoms with van der Waals surface area (Å²) in [5.41, 5.74) is -0.0987. The second-order valence-electron chi connectivity index (χ2n) is 3.08.